The summed E-state index contributed by atoms with van der Waals surface area (Å²) in [5, 5.41) is 11.3. The van der Waals surface area contributed by atoms with E-state index < -0.39 is 5.97 Å². The Hall–Kier alpha value is -2.20. The minimum Gasteiger partial charge on any atom is -0.478 e. The van der Waals surface area contributed by atoms with Crippen molar-refractivity contribution < 1.29 is 14.7 Å². The molecule has 3 nitrogen and oxygen atoms in total. The number of carbonyl (C=O) groups is 2. The molecule has 0 saturated heterocycles. The van der Waals surface area contributed by atoms with Crippen LogP contribution >= 0.6 is 11.3 Å². The standard InChI is InChI=1S/C16H14O3S/c1-2-12(15(17)13-9-6-10-20-13)14(16(18)19)11-7-4-3-5-8-11/h3-10H,2H2,1H3,(H,18,19). The maximum atomic E-state index is 12.4. The van der Waals surface area contributed by atoms with Crippen molar-refractivity contribution in [3.05, 3.63) is 63.9 Å². The molecule has 0 bridgehead atoms. The van der Waals surface area contributed by atoms with E-state index in [4.69, 9.17) is 0 Å². The lowest BCUT2D eigenvalue weighted by molar-refractivity contribution is -0.130. The minimum absolute atomic E-state index is 0.0894. The van der Waals surface area contributed by atoms with Crippen LogP contribution in [0.25, 0.3) is 5.57 Å². The molecular formula is C16H14O3S. The Morgan fingerprint density at radius 3 is 2.30 bits per heavy atom. The van der Waals surface area contributed by atoms with Crippen molar-refractivity contribution in [3.63, 3.8) is 0 Å². The van der Waals surface area contributed by atoms with Gasteiger partial charge in [-0.05, 0) is 23.4 Å². The molecule has 102 valence electrons. The fraction of sp³-hybridized carbons (Fsp3) is 0.125. The maximum Gasteiger partial charge on any atom is 0.336 e. The van der Waals surface area contributed by atoms with Crippen molar-refractivity contribution in [2.75, 3.05) is 0 Å². The number of aliphatic carboxylic acids is 1. The van der Waals surface area contributed by atoms with Crippen LogP contribution in [-0.4, -0.2) is 16.9 Å². The first-order chi connectivity index (χ1) is 9.65. The summed E-state index contributed by atoms with van der Waals surface area (Å²) in [6, 6.07) is 12.3. The van der Waals surface area contributed by atoms with E-state index in [-0.39, 0.29) is 11.4 Å². The third-order valence-corrected chi connectivity index (χ3v) is 3.82. The number of allylic oxidation sites excluding steroid dienone is 1. The van der Waals surface area contributed by atoms with Crippen molar-refractivity contribution >= 4 is 28.7 Å². The molecule has 1 aromatic carbocycles. The summed E-state index contributed by atoms with van der Waals surface area (Å²) in [5.74, 6) is -1.28. The largest absolute Gasteiger partial charge is 0.478 e. The average molecular weight is 286 g/mol. The summed E-state index contributed by atoms with van der Waals surface area (Å²) in [6.07, 6.45) is 0.382. The number of hydrogen-bond acceptors (Lipinski definition) is 3. The first-order valence-electron chi connectivity index (χ1n) is 6.25. The molecule has 0 saturated carbocycles. The van der Waals surface area contributed by atoms with Gasteiger partial charge in [-0.1, -0.05) is 43.3 Å². The highest BCUT2D eigenvalue weighted by molar-refractivity contribution is 7.12. The predicted molar refractivity (Wildman–Crippen MR) is 79.9 cm³/mol. The lowest BCUT2D eigenvalue weighted by Gasteiger charge is -2.09. The van der Waals surface area contributed by atoms with Crippen molar-refractivity contribution in [1.29, 1.82) is 0 Å². The third kappa shape index (κ3) is 2.86. The van der Waals surface area contributed by atoms with Crippen LogP contribution in [-0.2, 0) is 4.79 Å². The van der Waals surface area contributed by atoms with E-state index in [0.717, 1.165) is 0 Å². The molecule has 4 heteroatoms. The van der Waals surface area contributed by atoms with Crippen LogP contribution in [0.1, 0.15) is 28.6 Å². The van der Waals surface area contributed by atoms with Crippen LogP contribution in [0.3, 0.4) is 0 Å². The van der Waals surface area contributed by atoms with Gasteiger partial charge in [-0.3, -0.25) is 4.79 Å². The highest BCUT2D eigenvalue weighted by atomic mass is 32.1. The van der Waals surface area contributed by atoms with Gasteiger partial charge >= 0.3 is 5.97 Å². The molecule has 1 N–H and O–H groups in total. The molecule has 1 aromatic heterocycles. The van der Waals surface area contributed by atoms with E-state index in [2.05, 4.69) is 0 Å². The molecule has 0 aliphatic rings. The second-order valence-corrected chi connectivity index (χ2v) is 5.13. The summed E-state index contributed by atoms with van der Waals surface area (Å²) in [4.78, 5) is 24.6. The van der Waals surface area contributed by atoms with Crippen LogP contribution in [0, 0.1) is 0 Å². The number of carbonyl (C=O) groups excluding carboxylic acids is 1. The molecular weight excluding hydrogens is 272 g/mol. The zero-order valence-corrected chi connectivity index (χ0v) is 11.8. The molecule has 2 rings (SSSR count). The summed E-state index contributed by atoms with van der Waals surface area (Å²) >= 11 is 1.32. The van der Waals surface area contributed by atoms with Gasteiger partial charge in [-0.2, -0.15) is 0 Å². The van der Waals surface area contributed by atoms with Gasteiger partial charge in [0.2, 0.25) is 0 Å². The zero-order valence-electron chi connectivity index (χ0n) is 11.0. The fourth-order valence-electron chi connectivity index (χ4n) is 2.04. The maximum absolute atomic E-state index is 12.4. The predicted octanol–water partition coefficient (Wildman–Crippen LogP) is 3.88. The number of benzene rings is 1. The van der Waals surface area contributed by atoms with E-state index in [9.17, 15) is 14.7 Å². The molecule has 20 heavy (non-hydrogen) atoms. The normalized spacial score (nSPS) is 11.8. The topological polar surface area (TPSA) is 54.4 Å². The van der Waals surface area contributed by atoms with Crippen LogP contribution in [0.15, 0.2) is 53.4 Å². The Kier molecular flexibility index (Phi) is 4.48. The first kappa shape index (κ1) is 14.2. The summed E-state index contributed by atoms with van der Waals surface area (Å²) in [5.41, 5.74) is 0.986. The van der Waals surface area contributed by atoms with Gasteiger partial charge in [0.15, 0.2) is 5.78 Å². The Morgan fingerprint density at radius 1 is 1.10 bits per heavy atom. The number of rotatable bonds is 5. The average Bonchev–Trinajstić information content (AvgIpc) is 2.98. The van der Waals surface area contributed by atoms with Gasteiger partial charge in [0.1, 0.15) is 0 Å². The van der Waals surface area contributed by atoms with Crippen LogP contribution in [0.4, 0.5) is 0 Å². The zero-order chi connectivity index (χ0) is 14.5. The SMILES string of the molecule is CCC(C(=O)c1cccs1)=C(C(=O)O)c1ccccc1. The molecule has 0 spiro atoms. The summed E-state index contributed by atoms with van der Waals surface area (Å²) in [7, 11) is 0. The molecule has 0 amide bonds. The number of Topliss-reactive ketones (excluding diaryl/α,β-unsaturated/α-hetero) is 1. The van der Waals surface area contributed by atoms with E-state index in [0.29, 0.717) is 22.4 Å². The molecule has 0 radical (unpaired) electrons. The summed E-state index contributed by atoms with van der Waals surface area (Å²) in [6.45, 7) is 1.80. The second kappa shape index (κ2) is 6.30. The minimum atomic E-state index is -1.07. The summed E-state index contributed by atoms with van der Waals surface area (Å²) < 4.78 is 0. The van der Waals surface area contributed by atoms with Gasteiger partial charge in [0.05, 0.1) is 10.5 Å². The number of thiophene rings is 1. The molecule has 1 heterocycles. The lowest BCUT2D eigenvalue weighted by atomic mass is 9.95. The molecule has 0 fully saturated rings. The van der Waals surface area contributed by atoms with Crippen LogP contribution in [0.5, 0.6) is 0 Å². The Bertz CT molecular complexity index is 640. The highest BCUT2D eigenvalue weighted by Gasteiger charge is 2.22. The molecule has 0 aliphatic heterocycles. The van der Waals surface area contributed by atoms with E-state index in [1.165, 1.54) is 11.3 Å². The number of carboxylic acids is 1. The van der Waals surface area contributed by atoms with Crippen molar-refractivity contribution in [3.8, 4) is 0 Å². The number of hydrogen-bond donors (Lipinski definition) is 1. The number of ketones is 1. The third-order valence-electron chi connectivity index (χ3n) is 2.95. The van der Waals surface area contributed by atoms with Crippen LogP contribution in [0.2, 0.25) is 0 Å². The van der Waals surface area contributed by atoms with Crippen molar-refractivity contribution in [1.82, 2.24) is 0 Å². The Morgan fingerprint density at radius 2 is 1.80 bits per heavy atom. The number of carboxylic acid groups (broad SMARTS) is 1. The van der Waals surface area contributed by atoms with Gasteiger partial charge in [-0.15, -0.1) is 11.3 Å². The van der Waals surface area contributed by atoms with E-state index in [1.54, 1.807) is 43.3 Å². The Labute approximate surface area is 121 Å². The molecule has 0 unspecified atom stereocenters. The quantitative estimate of drug-likeness (QED) is 0.670. The van der Waals surface area contributed by atoms with Crippen molar-refractivity contribution in [2.45, 2.75) is 13.3 Å². The fourth-order valence-corrected chi connectivity index (χ4v) is 2.73. The highest BCUT2D eigenvalue weighted by Crippen LogP contribution is 2.25. The van der Waals surface area contributed by atoms with Gasteiger partial charge < -0.3 is 5.11 Å². The molecule has 2 aromatic rings. The van der Waals surface area contributed by atoms with Crippen LogP contribution < -0.4 is 0 Å². The Balaban J connectivity index is 2.58. The molecule has 0 atom stereocenters. The van der Waals surface area contributed by atoms with Gasteiger partial charge in [-0.25, -0.2) is 4.79 Å². The van der Waals surface area contributed by atoms with Crippen molar-refractivity contribution in [2.24, 2.45) is 0 Å². The van der Waals surface area contributed by atoms with Gasteiger partial charge in [0.25, 0.3) is 0 Å². The van der Waals surface area contributed by atoms with E-state index >= 15 is 0 Å². The monoisotopic (exact) mass is 286 g/mol. The van der Waals surface area contributed by atoms with E-state index in [1.807, 2.05) is 11.4 Å². The second-order valence-electron chi connectivity index (χ2n) is 4.18. The lowest BCUT2D eigenvalue weighted by Crippen LogP contribution is -2.10. The first-order valence-corrected chi connectivity index (χ1v) is 7.13. The molecule has 0 aliphatic carbocycles. The van der Waals surface area contributed by atoms with Gasteiger partial charge in [0, 0.05) is 5.57 Å². The smallest absolute Gasteiger partial charge is 0.336 e.